The van der Waals surface area contributed by atoms with E-state index in [9.17, 15) is 4.79 Å². The Balaban J connectivity index is 1.38. The van der Waals surface area contributed by atoms with Gasteiger partial charge in [0.15, 0.2) is 0 Å². The lowest BCUT2D eigenvalue weighted by Crippen LogP contribution is -2.36. The highest BCUT2D eigenvalue weighted by atomic mass is 16.5. The van der Waals surface area contributed by atoms with Crippen molar-refractivity contribution in [2.24, 2.45) is 0 Å². The number of hydrogen-bond donors (Lipinski definition) is 1. The maximum Gasteiger partial charge on any atom is 0.238 e. The Kier molecular flexibility index (Phi) is 7.43. The number of amides is 1. The predicted molar refractivity (Wildman–Crippen MR) is 124 cm³/mol. The minimum Gasteiger partial charge on any atom is -0.497 e. The van der Waals surface area contributed by atoms with E-state index in [1.165, 1.54) is 24.1 Å². The summed E-state index contributed by atoms with van der Waals surface area (Å²) in [6.45, 7) is 4.70. The van der Waals surface area contributed by atoms with Crippen LogP contribution in [0.5, 0.6) is 5.75 Å². The largest absolute Gasteiger partial charge is 0.497 e. The van der Waals surface area contributed by atoms with E-state index in [0.717, 1.165) is 57.1 Å². The minimum atomic E-state index is 0.0412. The molecule has 166 valence electrons. The van der Waals surface area contributed by atoms with E-state index in [1.807, 2.05) is 24.3 Å². The average molecular weight is 424 g/mol. The SMILES string of the molecule is COc1ccc(C2CCCCCN2CC(=O)Nc2ccc(N3CCOCC3)cc2)cc1. The number of rotatable bonds is 6. The Labute approximate surface area is 185 Å². The zero-order chi connectivity index (χ0) is 21.5. The van der Waals surface area contributed by atoms with Gasteiger partial charge in [-0.05, 0) is 61.3 Å². The average Bonchev–Trinajstić information content (AvgIpc) is 3.05. The Hall–Kier alpha value is -2.57. The maximum absolute atomic E-state index is 12.9. The van der Waals surface area contributed by atoms with Crippen molar-refractivity contribution in [3.63, 3.8) is 0 Å². The summed E-state index contributed by atoms with van der Waals surface area (Å²) in [6, 6.07) is 16.7. The van der Waals surface area contributed by atoms with E-state index in [4.69, 9.17) is 9.47 Å². The van der Waals surface area contributed by atoms with Gasteiger partial charge in [0.2, 0.25) is 5.91 Å². The van der Waals surface area contributed by atoms with E-state index in [-0.39, 0.29) is 11.9 Å². The highest BCUT2D eigenvalue weighted by molar-refractivity contribution is 5.92. The molecule has 0 saturated carbocycles. The van der Waals surface area contributed by atoms with Crippen molar-refractivity contribution >= 4 is 17.3 Å². The molecule has 0 aliphatic carbocycles. The summed E-state index contributed by atoms with van der Waals surface area (Å²) in [4.78, 5) is 17.5. The molecule has 0 aromatic heterocycles. The fourth-order valence-electron chi connectivity index (χ4n) is 4.52. The van der Waals surface area contributed by atoms with Gasteiger partial charge in [0.1, 0.15) is 5.75 Å². The molecule has 1 N–H and O–H groups in total. The summed E-state index contributed by atoms with van der Waals surface area (Å²) in [5.74, 6) is 0.904. The minimum absolute atomic E-state index is 0.0412. The number of benzene rings is 2. The smallest absolute Gasteiger partial charge is 0.238 e. The van der Waals surface area contributed by atoms with Crippen molar-refractivity contribution < 1.29 is 14.3 Å². The number of carbonyl (C=O) groups is 1. The van der Waals surface area contributed by atoms with Crippen molar-refractivity contribution in [1.82, 2.24) is 4.90 Å². The second-order valence-corrected chi connectivity index (χ2v) is 8.30. The number of ether oxygens (including phenoxy) is 2. The monoisotopic (exact) mass is 423 g/mol. The summed E-state index contributed by atoms with van der Waals surface area (Å²) < 4.78 is 10.7. The molecule has 1 atom stereocenters. The number of nitrogens with zero attached hydrogens (tertiary/aromatic N) is 2. The number of anilines is 2. The molecule has 2 aromatic carbocycles. The van der Waals surface area contributed by atoms with Crippen LogP contribution in [0.15, 0.2) is 48.5 Å². The molecule has 1 unspecified atom stereocenters. The third-order valence-electron chi connectivity index (χ3n) is 6.24. The molecule has 2 aliphatic rings. The van der Waals surface area contributed by atoms with Gasteiger partial charge in [-0.3, -0.25) is 9.69 Å². The number of methoxy groups -OCH3 is 1. The van der Waals surface area contributed by atoms with Crippen LogP contribution in [0, 0.1) is 0 Å². The molecule has 1 amide bonds. The summed E-state index contributed by atoms with van der Waals surface area (Å²) in [5, 5.41) is 3.09. The summed E-state index contributed by atoms with van der Waals surface area (Å²) >= 11 is 0. The first-order valence-electron chi connectivity index (χ1n) is 11.3. The van der Waals surface area contributed by atoms with Gasteiger partial charge < -0.3 is 19.7 Å². The van der Waals surface area contributed by atoms with E-state index in [0.29, 0.717) is 6.54 Å². The molecule has 2 aliphatic heterocycles. The fraction of sp³-hybridized carbons (Fsp3) is 0.480. The van der Waals surface area contributed by atoms with Crippen LogP contribution in [0.3, 0.4) is 0 Å². The topological polar surface area (TPSA) is 54.0 Å². The van der Waals surface area contributed by atoms with E-state index in [2.05, 4.69) is 39.4 Å². The highest BCUT2D eigenvalue weighted by Gasteiger charge is 2.24. The first-order chi connectivity index (χ1) is 15.2. The highest BCUT2D eigenvalue weighted by Crippen LogP contribution is 2.31. The van der Waals surface area contributed by atoms with Gasteiger partial charge in [-0.2, -0.15) is 0 Å². The lowest BCUT2D eigenvalue weighted by Gasteiger charge is -2.30. The number of carbonyl (C=O) groups excluding carboxylic acids is 1. The molecule has 31 heavy (non-hydrogen) atoms. The number of nitrogens with one attached hydrogen (secondary N) is 1. The van der Waals surface area contributed by atoms with E-state index in [1.54, 1.807) is 7.11 Å². The quantitative estimate of drug-likeness (QED) is 0.759. The van der Waals surface area contributed by atoms with Gasteiger partial charge in [-0.25, -0.2) is 0 Å². The van der Waals surface area contributed by atoms with Gasteiger partial charge in [-0.1, -0.05) is 25.0 Å². The van der Waals surface area contributed by atoms with Crippen molar-refractivity contribution in [2.45, 2.75) is 31.7 Å². The van der Waals surface area contributed by atoms with Crippen LogP contribution in [-0.2, 0) is 9.53 Å². The molecule has 2 aromatic rings. The van der Waals surface area contributed by atoms with Gasteiger partial charge in [0, 0.05) is 30.5 Å². The van der Waals surface area contributed by atoms with Gasteiger partial charge >= 0.3 is 0 Å². The number of morpholine rings is 1. The third-order valence-corrected chi connectivity index (χ3v) is 6.24. The zero-order valence-electron chi connectivity index (χ0n) is 18.4. The molecular formula is C25H33N3O3. The molecule has 4 rings (SSSR count). The molecular weight excluding hydrogens is 390 g/mol. The lowest BCUT2D eigenvalue weighted by atomic mass is 10.0. The Morgan fingerprint density at radius 3 is 2.45 bits per heavy atom. The summed E-state index contributed by atoms with van der Waals surface area (Å²) in [5.41, 5.74) is 3.27. The van der Waals surface area contributed by atoms with Gasteiger partial charge in [-0.15, -0.1) is 0 Å². The second-order valence-electron chi connectivity index (χ2n) is 8.30. The van der Waals surface area contributed by atoms with Crippen molar-refractivity contribution in [1.29, 1.82) is 0 Å². The number of hydrogen-bond acceptors (Lipinski definition) is 5. The molecule has 6 nitrogen and oxygen atoms in total. The van der Waals surface area contributed by atoms with Crippen LogP contribution in [0.4, 0.5) is 11.4 Å². The standard InChI is InChI=1S/C25H33N3O3/c1-30-23-12-6-20(7-13-23)24-5-3-2-4-14-28(24)19-25(29)26-21-8-10-22(11-9-21)27-15-17-31-18-16-27/h6-13,24H,2-5,14-19H2,1H3,(H,26,29). The summed E-state index contributed by atoms with van der Waals surface area (Å²) in [6.07, 6.45) is 4.62. The fourth-order valence-corrected chi connectivity index (χ4v) is 4.52. The van der Waals surface area contributed by atoms with Crippen molar-refractivity contribution in [2.75, 3.05) is 56.7 Å². The molecule has 0 bridgehead atoms. The Morgan fingerprint density at radius 1 is 1.00 bits per heavy atom. The van der Waals surface area contributed by atoms with Crippen LogP contribution in [0.1, 0.15) is 37.3 Å². The van der Waals surface area contributed by atoms with Crippen molar-refractivity contribution in [3.8, 4) is 5.75 Å². The number of likely N-dealkylation sites (tertiary alicyclic amines) is 1. The van der Waals surface area contributed by atoms with Gasteiger partial charge in [0.25, 0.3) is 0 Å². The second kappa shape index (κ2) is 10.6. The van der Waals surface area contributed by atoms with Crippen LogP contribution in [-0.4, -0.2) is 57.3 Å². The Bertz CT molecular complexity index is 832. The van der Waals surface area contributed by atoms with Crippen LogP contribution in [0.2, 0.25) is 0 Å². The Morgan fingerprint density at radius 2 is 1.74 bits per heavy atom. The zero-order valence-corrected chi connectivity index (χ0v) is 18.4. The predicted octanol–water partition coefficient (Wildman–Crippen LogP) is 4.09. The first kappa shape index (κ1) is 21.7. The molecule has 0 spiro atoms. The molecule has 2 fully saturated rings. The third kappa shape index (κ3) is 5.77. The molecule has 2 saturated heterocycles. The molecule has 2 heterocycles. The van der Waals surface area contributed by atoms with Gasteiger partial charge in [0.05, 0.1) is 26.9 Å². The van der Waals surface area contributed by atoms with Crippen LogP contribution in [0.25, 0.3) is 0 Å². The van der Waals surface area contributed by atoms with E-state index >= 15 is 0 Å². The van der Waals surface area contributed by atoms with Crippen LogP contribution < -0.4 is 15.0 Å². The van der Waals surface area contributed by atoms with Crippen LogP contribution >= 0.6 is 0 Å². The molecule has 6 heteroatoms. The van der Waals surface area contributed by atoms with E-state index < -0.39 is 0 Å². The van der Waals surface area contributed by atoms with Crippen molar-refractivity contribution in [3.05, 3.63) is 54.1 Å². The normalized spacial score (nSPS) is 20.2. The lowest BCUT2D eigenvalue weighted by molar-refractivity contribution is -0.117. The summed E-state index contributed by atoms with van der Waals surface area (Å²) in [7, 11) is 1.69. The maximum atomic E-state index is 12.9. The molecule has 0 radical (unpaired) electrons. The first-order valence-corrected chi connectivity index (χ1v) is 11.3.